The topological polar surface area (TPSA) is 64.0 Å². The molecule has 3 rings (SSSR count). The lowest BCUT2D eigenvalue weighted by atomic mass is 10.1. The van der Waals surface area contributed by atoms with Crippen LogP contribution in [0.1, 0.15) is 37.4 Å². The maximum atomic E-state index is 11.8. The molecule has 21 heavy (non-hydrogen) atoms. The summed E-state index contributed by atoms with van der Waals surface area (Å²) >= 11 is 0. The average molecular weight is 290 g/mol. The second-order valence-corrected chi connectivity index (χ2v) is 5.90. The minimum Gasteiger partial charge on any atom is -0.396 e. The van der Waals surface area contributed by atoms with Crippen molar-refractivity contribution >= 4 is 17.3 Å². The lowest BCUT2D eigenvalue weighted by Crippen LogP contribution is -2.29. The minimum absolute atomic E-state index is 0.234. The maximum absolute atomic E-state index is 11.8. The van der Waals surface area contributed by atoms with Crippen molar-refractivity contribution in [3.63, 3.8) is 0 Å². The molecule has 0 radical (unpaired) electrons. The first-order chi connectivity index (χ1) is 10.1. The Kier molecular flexibility index (Phi) is 3.87. The third-order valence-corrected chi connectivity index (χ3v) is 4.64. The van der Waals surface area contributed by atoms with Gasteiger partial charge in [0.15, 0.2) is 6.10 Å². The number of aliphatic hydroxyl groups excluding tert-OH is 2. The van der Waals surface area contributed by atoms with Gasteiger partial charge in [0.05, 0.1) is 5.69 Å². The lowest BCUT2D eigenvalue weighted by Gasteiger charge is -2.27. The molecule has 0 spiro atoms. The summed E-state index contributed by atoms with van der Waals surface area (Å²) in [6.07, 6.45) is 3.09. The average Bonchev–Trinajstić information content (AvgIpc) is 3.05. The molecule has 1 aromatic carbocycles. The molecule has 1 aromatic rings. The van der Waals surface area contributed by atoms with Crippen molar-refractivity contribution in [2.45, 2.75) is 37.8 Å². The van der Waals surface area contributed by atoms with Crippen LogP contribution in [0, 0.1) is 0 Å². The van der Waals surface area contributed by atoms with E-state index in [1.807, 2.05) is 18.2 Å². The number of fused-ring (bicyclic) bond motifs is 1. The lowest BCUT2D eigenvalue weighted by molar-refractivity contribution is -0.125. The van der Waals surface area contributed by atoms with Gasteiger partial charge in [-0.25, -0.2) is 0 Å². The second-order valence-electron chi connectivity index (χ2n) is 5.90. The number of rotatable bonds is 4. The van der Waals surface area contributed by atoms with Crippen LogP contribution < -0.4 is 9.80 Å². The number of benzene rings is 1. The highest BCUT2D eigenvalue weighted by Gasteiger charge is 2.34. The fourth-order valence-electron chi connectivity index (χ4n) is 3.47. The first-order valence-electron chi connectivity index (χ1n) is 7.60. The van der Waals surface area contributed by atoms with E-state index >= 15 is 0 Å². The summed E-state index contributed by atoms with van der Waals surface area (Å²) in [5.74, 6) is -0.264. The molecular formula is C16H22N2O3. The molecule has 1 saturated heterocycles. The Bertz CT molecular complexity index is 546. The molecule has 0 saturated carbocycles. The van der Waals surface area contributed by atoms with Crippen molar-refractivity contribution in [1.82, 2.24) is 0 Å². The predicted octanol–water partition coefficient (Wildman–Crippen LogP) is 1.44. The second kappa shape index (κ2) is 5.66. The zero-order chi connectivity index (χ0) is 15.0. The molecule has 0 bridgehead atoms. The van der Waals surface area contributed by atoms with Gasteiger partial charge in [0.2, 0.25) is 0 Å². The van der Waals surface area contributed by atoms with Crippen LogP contribution in [-0.2, 0) is 4.79 Å². The fourth-order valence-corrected chi connectivity index (χ4v) is 3.47. The van der Waals surface area contributed by atoms with Crippen molar-refractivity contribution in [3.05, 3.63) is 23.8 Å². The molecule has 2 unspecified atom stereocenters. The summed E-state index contributed by atoms with van der Waals surface area (Å²) < 4.78 is 0. The van der Waals surface area contributed by atoms with Crippen LogP contribution in [0.5, 0.6) is 0 Å². The molecule has 0 aromatic heterocycles. The van der Waals surface area contributed by atoms with Crippen molar-refractivity contribution in [1.29, 1.82) is 0 Å². The summed E-state index contributed by atoms with van der Waals surface area (Å²) in [6, 6.07) is 6.31. The Labute approximate surface area is 124 Å². The van der Waals surface area contributed by atoms with E-state index in [4.69, 9.17) is 5.11 Å². The number of likely N-dealkylation sites (N-methyl/N-ethyl adjacent to an activating group) is 1. The molecule has 0 aliphatic carbocycles. The Morgan fingerprint density at radius 2 is 2.19 bits per heavy atom. The van der Waals surface area contributed by atoms with Gasteiger partial charge in [0.25, 0.3) is 5.91 Å². The van der Waals surface area contributed by atoms with Gasteiger partial charge in [-0.15, -0.1) is 0 Å². The fraction of sp³-hybridized carbons (Fsp3) is 0.562. The molecule has 5 nitrogen and oxygen atoms in total. The Balaban J connectivity index is 1.86. The van der Waals surface area contributed by atoms with Crippen LogP contribution in [0.4, 0.5) is 11.4 Å². The number of carbonyl (C=O) groups excluding carboxylic acids is 1. The molecule has 2 heterocycles. The normalized spacial score (nSPS) is 24.8. The van der Waals surface area contributed by atoms with E-state index in [-0.39, 0.29) is 12.5 Å². The molecule has 1 fully saturated rings. The quantitative estimate of drug-likeness (QED) is 0.880. The largest absolute Gasteiger partial charge is 0.396 e. The van der Waals surface area contributed by atoms with E-state index in [1.165, 1.54) is 4.90 Å². The van der Waals surface area contributed by atoms with Gasteiger partial charge < -0.3 is 20.0 Å². The summed E-state index contributed by atoms with van der Waals surface area (Å²) in [6.45, 7) is 1.24. The van der Waals surface area contributed by atoms with E-state index in [0.29, 0.717) is 11.6 Å². The third kappa shape index (κ3) is 2.40. The highest BCUT2D eigenvalue weighted by atomic mass is 16.3. The highest BCUT2D eigenvalue weighted by Crippen LogP contribution is 2.39. The van der Waals surface area contributed by atoms with E-state index in [1.54, 1.807) is 7.05 Å². The number of anilines is 2. The van der Waals surface area contributed by atoms with Crippen molar-refractivity contribution < 1.29 is 15.0 Å². The van der Waals surface area contributed by atoms with Crippen molar-refractivity contribution in [2.24, 2.45) is 0 Å². The number of carbonyl (C=O) groups is 1. The maximum Gasteiger partial charge on any atom is 0.260 e. The van der Waals surface area contributed by atoms with E-state index < -0.39 is 6.10 Å². The van der Waals surface area contributed by atoms with Crippen LogP contribution in [0.2, 0.25) is 0 Å². The van der Waals surface area contributed by atoms with Crippen LogP contribution in [0.15, 0.2) is 18.2 Å². The summed E-state index contributed by atoms with van der Waals surface area (Å²) in [4.78, 5) is 15.7. The van der Waals surface area contributed by atoms with Crippen LogP contribution in [0.3, 0.4) is 0 Å². The smallest absolute Gasteiger partial charge is 0.260 e. The Hall–Kier alpha value is -1.59. The number of hydrogen-bond donors (Lipinski definition) is 2. The van der Waals surface area contributed by atoms with Crippen molar-refractivity contribution in [2.75, 3.05) is 30.0 Å². The number of nitrogens with zero attached hydrogens (tertiary/aromatic N) is 2. The van der Waals surface area contributed by atoms with Gasteiger partial charge in [0, 0.05) is 37.5 Å². The zero-order valence-electron chi connectivity index (χ0n) is 12.3. The predicted molar refractivity (Wildman–Crippen MR) is 81.5 cm³/mol. The van der Waals surface area contributed by atoms with Crippen molar-refractivity contribution in [3.8, 4) is 0 Å². The molecule has 2 N–H and O–H groups in total. The van der Waals surface area contributed by atoms with Gasteiger partial charge in [-0.1, -0.05) is 6.07 Å². The van der Waals surface area contributed by atoms with Gasteiger partial charge >= 0.3 is 0 Å². The third-order valence-electron chi connectivity index (χ3n) is 4.64. The zero-order valence-corrected chi connectivity index (χ0v) is 12.3. The Morgan fingerprint density at radius 3 is 2.95 bits per heavy atom. The first-order valence-corrected chi connectivity index (χ1v) is 7.60. The van der Waals surface area contributed by atoms with Gasteiger partial charge in [-0.2, -0.15) is 0 Å². The van der Waals surface area contributed by atoms with E-state index in [0.717, 1.165) is 43.6 Å². The molecule has 114 valence electrons. The van der Waals surface area contributed by atoms with Crippen LogP contribution >= 0.6 is 0 Å². The molecule has 2 aliphatic rings. The van der Waals surface area contributed by atoms with Crippen LogP contribution in [-0.4, -0.2) is 42.4 Å². The summed E-state index contributed by atoms with van der Waals surface area (Å²) in [5.41, 5.74) is 2.60. The Morgan fingerprint density at radius 1 is 1.38 bits per heavy atom. The monoisotopic (exact) mass is 290 g/mol. The van der Waals surface area contributed by atoms with E-state index in [9.17, 15) is 9.90 Å². The van der Waals surface area contributed by atoms with Gasteiger partial charge in [-0.05, 0) is 37.8 Å². The molecule has 2 aliphatic heterocycles. The van der Waals surface area contributed by atoms with Crippen LogP contribution in [0.25, 0.3) is 0 Å². The first kappa shape index (κ1) is 14.4. The summed E-state index contributed by atoms with van der Waals surface area (Å²) in [7, 11) is 1.70. The molecule has 1 amide bonds. The minimum atomic E-state index is -1.03. The van der Waals surface area contributed by atoms with E-state index in [2.05, 4.69) is 4.90 Å². The van der Waals surface area contributed by atoms with Gasteiger partial charge in [-0.3, -0.25) is 4.79 Å². The number of amides is 1. The van der Waals surface area contributed by atoms with Gasteiger partial charge in [0.1, 0.15) is 0 Å². The number of aliphatic hydroxyl groups is 2. The highest BCUT2D eigenvalue weighted by molar-refractivity contribution is 6.03. The number of hydrogen-bond acceptors (Lipinski definition) is 4. The molecule has 2 atom stereocenters. The molecular weight excluding hydrogens is 268 g/mol. The standard InChI is InChI=1S/C16H22N2O3/c1-17-14-10-12(6-7-13(14)15(20)16(17)21)18-8-2-4-11(18)5-3-9-19/h6-7,10-11,15,19-20H,2-5,8-9H2,1H3. The SMILES string of the molecule is CN1C(=O)C(O)c2ccc(N3CCCC3CCCO)cc21. The summed E-state index contributed by atoms with van der Waals surface area (Å²) in [5, 5.41) is 18.9. The molecule has 5 heteroatoms.